The number of pyridine rings is 2. The first-order valence-electron chi connectivity index (χ1n) is 13.9. The predicted octanol–water partition coefficient (Wildman–Crippen LogP) is 5.16. The minimum absolute atomic E-state index is 0.141. The molecular weight excluding hydrogens is 533 g/mol. The highest BCUT2D eigenvalue weighted by molar-refractivity contribution is 6.05. The summed E-state index contributed by atoms with van der Waals surface area (Å²) in [5.74, 6) is 0.274. The minimum Gasteiger partial charge on any atom is -0.496 e. The molecule has 5 aromatic rings. The van der Waals surface area contributed by atoms with E-state index in [2.05, 4.69) is 33.5 Å². The van der Waals surface area contributed by atoms with Gasteiger partial charge < -0.3 is 20.7 Å². The number of aromatic amines is 1. The fourth-order valence-electron chi connectivity index (χ4n) is 5.53. The summed E-state index contributed by atoms with van der Waals surface area (Å²) in [6, 6.07) is 15.7. The molecule has 1 saturated heterocycles. The number of nitrogens with zero attached hydrogens (tertiary/aromatic N) is 4. The summed E-state index contributed by atoms with van der Waals surface area (Å²) in [5.41, 5.74) is 12.5. The van der Waals surface area contributed by atoms with Crippen LogP contribution in [0.15, 0.2) is 67.0 Å². The van der Waals surface area contributed by atoms with E-state index in [1.54, 1.807) is 6.20 Å². The van der Waals surface area contributed by atoms with Gasteiger partial charge in [0, 0.05) is 30.1 Å². The van der Waals surface area contributed by atoms with E-state index >= 15 is 0 Å². The Kier molecular flexibility index (Phi) is 7.54. The number of methoxy groups -OCH3 is 1. The monoisotopic (exact) mass is 565 g/mol. The van der Waals surface area contributed by atoms with Crippen molar-refractivity contribution in [2.45, 2.75) is 25.3 Å². The summed E-state index contributed by atoms with van der Waals surface area (Å²) in [4.78, 5) is 24.6. The number of nitrogen functional groups attached to an aromatic ring is 1. The third-order valence-corrected chi connectivity index (χ3v) is 7.96. The number of nitrogens with two attached hydrogens (primary N) is 1. The normalized spacial score (nSPS) is 14.3. The van der Waals surface area contributed by atoms with Crippen LogP contribution in [0.4, 0.5) is 10.2 Å². The molecule has 4 heterocycles. The van der Waals surface area contributed by atoms with Gasteiger partial charge in [-0.25, -0.2) is 4.39 Å². The summed E-state index contributed by atoms with van der Waals surface area (Å²) >= 11 is 0. The molecule has 1 aliphatic rings. The number of rotatable bonds is 7. The van der Waals surface area contributed by atoms with Gasteiger partial charge in [-0.15, -0.1) is 0 Å². The lowest BCUT2D eigenvalue weighted by molar-refractivity contribution is 0.0947. The van der Waals surface area contributed by atoms with E-state index in [0.29, 0.717) is 23.2 Å². The van der Waals surface area contributed by atoms with Crippen molar-refractivity contribution in [3.63, 3.8) is 0 Å². The lowest BCUT2D eigenvalue weighted by Gasteiger charge is -2.29. The van der Waals surface area contributed by atoms with Crippen LogP contribution in [0.2, 0.25) is 0 Å². The lowest BCUT2D eigenvalue weighted by Crippen LogP contribution is -2.29. The molecule has 10 heteroatoms. The quantitative estimate of drug-likeness (QED) is 0.249. The predicted molar refractivity (Wildman–Crippen MR) is 161 cm³/mol. The van der Waals surface area contributed by atoms with Crippen molar-refractivity contribution in [3.05, 3.63) is 89.5 Å². The fraction of sp³-hybridized carbons (Fsp3) is 0.250. The van der Waals surface area contributed by atoms with Gasteiger partial charge in [-0.2, -0.15) is 5.10 Å². The first-order chi connectivity index (χ1) is 20.4. The van der Waals surface area contributed by atoms with Gasteiger partial charge in [0.1, 0.15) is 11.6 Å². The number of carbonyl (C=O) groups excluding carboxylic acids is 1. The number of hydrogen-bond donors (Lipinski definition) is 3. The average Bonchev–Trinajstić information content (AvgIpc) is 3.41. The number of H-pyrrole nitrogens is 1. The first-order valence-corrected chi connectivity index (χ1v) is 13.9. The van der Waals surface area contributed by atoms with Crippen LogP contribution in [0.25, 0.3) is 33.4 Å². The zero-order valence-corrected chi connectivity index (χ0v) is 23.5. The number of anilines is 1. The molecule has 0 saturated carbocycles. The second kappa shape index (κ2) is 11.6. The Morgan fingerprint density at radius 3 is 2.60 bits per heavy atom. The molecule has 6 rings (SSSR count). The van der Waals surface area contributed by atoms with E-state index < -0.39 is 11.7 Å². The van der Waals surface area contributed by atoms with E-state index in [9.17, 15) is 9.18 Å². The molecule has 42 heavy (non-hydrogen) atoms. The molecule has 0 bridgehead atoms. The number of halogens is 1. The molecular formula is C32H32FN7O2. The Balaban J connectivity index is 1.21. The summed E-state index contributed by atoms with van der Waals surface area (Å²) < 4.78 is 18.9. The highest BCUT2D eigenvalue weighted by Crippen LogP contribution is 2.36. The largest absolute Gasteiger partial charge is 0.496 e. The average molecular weight is 566 g/mol. The zero-order valence-electron chi connectivity index (χ0n) is 23.5. The van der Waals surface area contributed by atoms with E-state index in [4.69, 9.17) is 20.4 Å². The summed E-state index contributed by atoms with van der Waals surface area (Å²) in [7, 11) is 3.61. The van der Waals surface area contributed by atoms with E-state index in [1.807, 2.05) is 36.5 Å². The Hall–Kier alpha value is -4.83. The van der Waals surface area contributed by atoms with Crippen molar-refractivity contribution in [1.29, 1.82) is 0 Å². The summed E-state index contributed by atoms with van der Waals surface area (Å²) in [6.07, 6.45) is 6.06. The molecule has 9 nitrogen and oxygen atoms in total. The maximum Gasteiger partial charge on any atom is 0.255 e. The fourth-order valence-corrected chi connectivity index (χ4v) is 5.53. The van der Waals surface area contributed by atoms with E-state index in [-0.39, 0.29) is 12.1 Å². The molecule has 0 atom stereocenters. The second-order valence-corrected chi connectivity index (χ2v) is 10.7. The third-order valence-electron chi connectivity index (χ3n) is 7.96. The van der Waals surface area contributed by atoms with Crippen molar-refractivity contribution < 1.29 is 13.9 Å². The van der Waals surface area contributed by atoms with Crippen molar-refractivity contribution in [2.24, 2.45) is 0 Å². The van der Waals surface area contributed by atoms with Crippen LogP contribution >= 0.6 is 0 Å². The molecule has 0 unspecified atom stereocenters. The number of ether oxygens (including phenoxy) is 1. The number of fused-ring (bicyclic) bond motifs is 1. The number of likely N-dealkylation sites (tertiary alicyclic amines) is 1. The van der Waals surface area contributed by atoms with Gasteiger partial charge in [0.2, 0.25) is 0 Å². The zero-order chi connectivity index (χ0) is 29.2. The van der Waals surface area contributed by atoms with Crippen molar-refractivity contribution in [2.75, 3.05) is 33.0 Å². The van der Waals surface area contributed by atoms with Crippen LogP contribution in [0.1, 0.15) is 40.2 Å². The highest BCUT2D eigenvalue weighted by Gasteiger charge is 2.20. The topological polar surface area (TPSA) is 122 Å². The Labute approximate surface area is 242 Å². The third kappa shape index (κ3) is 5.40. The van der Waals surface area contributed by atoms with E-state index in [1.165, 1.54) is 24.8 Å². The maximum absolute atomic E-state index is 13.7. The number of hydrogen-bond acceptors (Lipinski definition) is 7. The number of carbonyl (C=O) groups is 1. The van der Waals surface area contributed by atoms with Crippen LogP contribution in [0.3, 0.4) is 0 Å². The second-order valence-electron chi connectivity index (χ2n) is 10.7. The van der Waals surface area contributed by atoms with Gasteiger partial charge in [0.15, 0.2) is 5.82 Å². The number of nitrogens with one attached hydrogen (secondary N) is 2. The molecule has 0 radical (unpaired) electrons. The Morgan fingerprint density at radius 2 is 1.88 bits per heavy atom. The number of piperidine rings is 1. The van der Waals surface area contributed by atoms with Gasteiger partial charge in [0.25, 0.3) is 5.91 Å². The molecule has 214 valence electrons. The van der Waals surface area contributed by atoms with Crippen LogP contribution in [0.5, 0.6) is 5.75 Å². The number of aromatic nitrogens is 4. The smallest absolute Gasteiger partial charge is 0.255 e. The van der Waals surface area contributed by atoms with Gasteiger partial charge in [-0.3, -0.25) is 19.9 Å². The first kappa shape index (κ1) is 27.3. The highest BCUT2D eigenvalue weighted by atomic mass is 19.1. The maximum atomic E-state index is 13.7. The molecule has 1 amide bonds. The standard InChI is InChI=1S/C32H32FN7O2/c1-40-13-11-20(12-14-40)22-7-9-26(35-17-22)25-18-36-29(28-30(25)38-39-31(28)34)21-5-3-19(4-6-21)16-37-32(41)24-15-23(33)8-10-27(24)42-2/h3-10,15,17-18,20H,11-14,16H2,1-2H3,(H,37,41)(H3,34,38,39). The molecule has 4 N–H and O–H groups in total. The van der Waals surface area contributed by atoms with E-state index in [0.717, 1.165) is 65.3 Å². The number of benzene rings is 2. The molecule has 1 fully saturated rings. The van der Waals surface area contributed by atoms with Crippen LogP contribution < -0.4 is 15.8 Å². The molecule has 1 aliphatic heterocycles. The SMILES string of the molecule is COc1ccc(F)cc1C(=O)NCc1ccc(-c2ncc(-c3ccc(C4CCN(C)CC4)cn3)c3[nH]nc(N)c23)cc1. The van der Waals surface area contributed by atoms with Gasteiger partial charge in [-0.1, -0.05) is 30.3 Å². The lowest BCUT2D eigenvalue weighted by atomic mass is 9.90. The van der Waals surface area contributed by atoms with Crippen molar-refractivity contribution in [3.8, 4) is 28.3 Å². The van der Waals surface area contributed by atoms with Crippen LogP contribution in [-0.4, -0.2) is 58.2 Å². The molecule has 3 aromatic heterocycles. The number of amides is 1. The van der Waals surface area contributed by atoms with Crippen LogP contribution in [0, 0.1) is 5.82 Å². The molecule has 2 aromatic carbocycles. The van der Waals surface area contributed by atoms with Gasteiger partial charge >= 0.3 is 0 Å². The van der Waals surface area contributed by atoms with Crippen molar-refractivity contribution >= 4 is 22.6 Å². The summed E-state index contributed by atoms with van der Waals surface area (Å²) in [5, 5.41) is 10.9. The molecule has 0 aliphatic carbocycles. The van der Waals surface area contributed by atoms with Gasteiger partial charge in [0.05, 0.1) is 35.0 Å². The van der Waals surface area contributed by atoms with Crippen LogP contribution in [-0.2, 0) is 6.54 Å². The molecule has 0 spiro atoms. The van der Waals surface area contributed by atoms with Gasteiger partial charge in [-0.05, 0) is 74.3 Å². The summed E-state index contributed by atoms with van der Waals surface area (Å²) in [6.45, 7) is 2.46. The Bertz CT molecular complexity index is 1730. The van der Waals surface area contributed by atoms with Crippen molar-refractivity contribution in [1.82, 2.24) is 30.4 Å². The minimum atomic E-state index is -0.505. The Morgan fingerprint density at radius 1 is 1.10 bits per heavy atom.